The average Bonchev–Trinajstić information content (AvgIpc) is 2.31. The Morgan fingerprint density at radius 2 is 2.12 bits per heavy atom. The van der Waals surface area contributed by atoms with Crippen molar-refractivity contribution in [3.63, 3.8) is 0 Å². The van der Waals surface area contributed by atoms with Crippen molar-refractivity contribution in [1.82, 2.24) is 4.98 Å². The normalized spacial score (nSPS) is 10.5. The van der Waals surface area contributed by atoms with Gasteiger partial charge in [-0.1, -0.05) is 11.8 Å². The van der Waals surface area contributed by atoms with Gasteiger partial charge in [-0.3, -0.25) is 0 Å². The van der Waals surface area contributed by atoms with Crippen LogP contribution in [0.1, 0.15) is 5.56 Å². The number of nitrogens with two attached hydrogens (primary N) is 1. The summed E-state index contributed by atoms with van der Waals surface area (Å²) in [5, 5.41) is 0.821. The average molecular weight is 313 g/mol. The molecule has 0 aliphatic heterocycles. The number of nitrogens with zero attached hydrogens (tertiary/aromatic N) is 1. The molecule has 88 valence electrons. The molecule has 5 heteroatoms. The fraction of sp³-hybridized carbons (Fsp3) is 0.0833. The first-order valence-corrected chi connectivity index (χ1v) is 6.57. The molecule has 0 aliphatic carbocycles. The third kappa shape index (κ3) is 3.52. The summed E-state index contributed by atoms with van der Waals surface area (Å²) in [5.74, 6) is -0.271. The van der Waals surface area contributed by atoms with Gasteiger partial charge in [0, 0.05) is 22.1 Å². The lowest BCUT2D eigenvalue weighted by atomic mass is 10.2. The van der Waals surface area contributed by atoms with Gasteiger partial charge in [0.2, 0.25) is 0 Å². The van der Waals surface area contributed by atoms with E-state index in [1.807, 2.05) is 18.2 Å². The van der Waals surface area contributed by atoms with E-state index in [4.69, 9.17) is 5.73 Å². The summed E-state index contributed by atoms with van der Waals surface area (Å²) < 4.78 is 14.2. The Morgan fingerprint density at radius 1 is 1.29 bits per heavy atom. The summed E-state index contributed by atoms with van der Waals surface area (Å²) in [5.41, 5.74) is 6.29. The van der Waals surface area contributed by atoms with Crippen LogP contribution in [0.15, 0.2) is 50.9 Å². The summed E-state index contributed by atoms with van der Waals surface area (Å²) in [4.78, 5) is 5.03. The summed E-state index contributed by atoms with van der Waals surface area (Å²) >= 11 is 4.73. The van der Waals surface area contributed by atoms with Gasteiger partial charge in [0.05, 0.1) is 0 Å². The summed E-state index contributed by atoms with van der Waals surface area (Å²) in [6.07, 6.45) is 1.71. The lowest BCUT2D eigenvalue weighted by Gasteiger charge is -2.04. The quantitative estimate of drug-likeness (QED) is 0.941. The van der Waals surface area contributed by atoms with Gasteiger partial charge in [0.25, 0.3) is 0 Å². The Bertz CT molecular complexity index is 516. The predicted octanol–water partition coefficient (Wildman–Crippen LogP) is 3.59. The van der Waals surface area contributed by atoms with Gasteiger partial charge in [-0.15, -0.1) is 0 Å². The monoisotopic (exact) mass is 312 g/mol. The number of benzene rings is 1. The third-order valence-electron chi connectivity index (χ3n) is 2.09. The van der Waals surface area contributed by atoms with Crippen LogP contribution in [0.2, 0.25) is 0 Å². The summed E-state index contributed by atoms with van der Waals surface area (Å²) in [6, 6.07) is 8.57. The van der Waals surface area contributed by atoms with E-state index < -0.39 is 0 Å². The highest BCUT2D eigenvalue weighted by molar-refractivity contribution is 9.10. The van der Waals surface area contributed by atoms with Gasteiger partial charge < -0.3 is 5.73 Å². The molecule has 17 heavy (non-hydrogen) atoms. The van der Waals surface area contributed by atoms with Crippen molar-refractivity contribution in [2.45, 2.75) is 16.5 Å². The van der Waals surface area contributed by atoms with Crippen LogP contribution in [0.5, 0.6) is 0 Å². The van der Waals surface area contributed by atoms with E-state index in [9.17, 15) is 4.39 Å². The van der Waals surface area contributed by atoms with E-state index in [1.54, 1.807) is 6.20 Å². The second-order valence-electron chi connectivity index (χ2n) is 3.42. The van der Waals surface area contributed by atoms with Crippen LogP contribution >= 0.6 is 27.7 Å². The molecule has 0 radical (unpaired) electrons. The molecule has 0 atom stereocenters. The maximum atomic E-state index is 13.3. The first-order valence-electron chi connectivity index (χ1n) is 4.96. The topological polar surface area (TPSA) is 38.9 Å². The fourth-order valence-corrected chi connectivity index (χ4v) is 2.44. The van der Waals surface area contributed by atoms with E-state index in [0.717, 1.165) is 20.0 Å². The third-order valence-corrected chi connectivity index (χ3v) is 3.48. The van der Waals surface area contributed by atoms with Crippen molar-refractivity contribution < 1.29 is 4.39 Å². The minimum Gasteiger partial charge on any atom is -0.326 e. The molecular weight excluding hydrogens is 303 g/mol. The minimum atomic E-state index is -0.271. The number of hydrogen-bond donors (Lipinski definition) is 1. The van der Waals surface area contributed by atoms with E-state index in [2.05, 4.69) is 20.9 Å². The first kappa shape index (κ1) is 12.5. The lowest BCUT2D eigenvalue weighted by Crippen LogP contribution is -1.97. The molecule has 2 aromatic rings. The molecule has 0 amide bonds. The minimum absolute atomic E-state index is 0.271. The van der Waals surface area contributed by atoms with Crippen molar-refractivity contribution in [2.75, 3.05) is 0 Å². The molecule has 0 unspecified atom stereocenters. The second kappa shape index (κ2) is 5.62. The zero-order chi connectivity index (χ0) is 12.3. The van der Waals surface area contributed by atoms with Gasteiger partial charge >= 0.3 is 0 Å². The highest BCUT2D eigenvalue weighted by Gasteiger charge is 2.03. The highest BCUT2D eigenvalue weighted by atomic mass is 79.9. The van der Waals surface area contributed by atoms with E-state index in [-0.39, 0.29) is 5.82 Å². The lowest BCUT2D eigenvalue weighted by molar-refractivity contribution is 0.621. The number of halogens is 2. The Hall–Kier alpha value is -0.910. The molecule has 2 rings (SSSR count). The molecule has 1 heterocycles. The summed E-state index contributed by atoms with van der Waals surface area (Å²) in [6.45, 7) is 0.332. The van der Waals surface area contributed by atoms with Gasteiger partial charge in [0.1, 0.15) is 10.8 Å². The second-order valence-corrected chi connectivity index (χ2v) is 5.43. The molecule has 0 saturated heterocycles. The van der Waals surface area contributed by atoms with Gasteiger partial charge in [-0.25, -0.2) is 9.37 Å². The van der Waals surface area contributed by atoms with E-state index in [1.165, 1.54) is 23.9 Å². The number of aromatic nitrogens is 1. The molecule has 0 saturated carbocycles. The zero-order valence-electron chi connectivity index (χ0n) is 8.86. The van der Waals surface area contributed by atoms with Crippen LogP contribution in [0.4, 0.5) is 4.39 Å². The Morgan fingerprint density at radius 3 is 2.76 bits per heavy atom. The Labute approximate surface area is 112 Å². The van der Waals surface area contributed by atoms with Crippen LogP contribution in [-0.2, 0) is 6.54 Å². The van der Waals surface area contributed by atoms with E-state index in [0.29, 0.717) is 6.54 Å². The standard InChI is InChI=1S/C12H10BrFN2S/c13-9-1-2-12(16-7-9)17-11-4-8(6-15)3-10(14)5-11/h1-5,7H,6,15H2. The van der Waals surface area contributed by atoms with E-state index >= 15 is 0 Å². The van der Waals surface area contributed by atoms with Crippen molar-refractivity contribution in [1.29, 1.82) is 0 Å². The first-order chi connectivity index (χ1) is 8.17. The largest absolute Gasteiger partial charge is 0.326 e. The van der Waals surface area contributed by atoms with Crippen molar-refractivity contribution in [3.05, 3.63) is 52.4 Å². The molecule has 0 aliphatic rings. The van der Waals surface area contributed by atoms with Crippen LogP contribution in [0.3, 0.4) is 0 Å². The number of rotatable bonds is 3. The van der Waals surface area contributed by atoms with Gasteiger partial charge in [-0.2, -0.15) is 0 Å². The summed E-state index contributed by atoms with van der Waals surface area (Å²) in [7, 11) is 0. The Balaban J connectivity index is 2.23. The number of pyridine rings is 1. The van der Waals surface area contributed by atoms with Gasteiger partial charge in [0.15, 0.2) is 0 Å². The van der Waals surface area contributed by atoms with Crippen LogP contribution in [0.25, 0.3) is 0 Å². The molecule has 1 aromatic heterocycles. The van der Waals surface area contributed by atoms with Crippen LogP contribution in [-0.4, -0.2) is 4.98 Å². The smallest absolute Gasteiger partial charge is 0.124 e. The molecule has 1 aromatic carbocycles. The van der Waals surface area contributed by atoms with Crippen molar-refractivity contribution in [3.8, 4) is 0 Å². The zero-order valence-corrected chi connectivity index (χ0v) is 11.3. The molecule has 0 bridgehead atoms. The number of hydrogen-bond acceptors (Lipinski definition) is 3. The van der Waals surface area contributed by atoms with Crippen molar-refractivity contribution in [2.24, 2.45) is 5.73 Å². The molecular formula is C12H10BrFN2S. The van der Waals surface area contributed by atoms with Crippen molar-refractivity contribution >= 4 is 27.7 Å². The molecule has 0 spiro atoms. The van der Waals surface area contributed by atoms with Crippen LogP contribution in [0, 0.1) is 5.82 Å². The molecule has 2 nitrogen and oxygen atoms in total. The maximum Gasteiger partial charge on any atom is 0.124 e. The molecule has 0 fully saturated rings. The SMILES string of the molecule is NCc1cc(F)cc(Sc2ccc(Br)cn2)c1. The van der Waals surface area contributed by atoms with Crippen LogP contribution < -0.4 is 5.73 Å². The van der Waals surface area contributed by atoms with Gasteiger partial charge in [-0.05, 0) is 51.8 Å². The Kier molecular flexibility index (Phi) is 4.15. The highest BCUT2D eigenvalue weighted by Crippen LogP contribution is 2.28. The maximum absolute atomic E-state index is 13.3. The fourth-order valence-electron chi connectivity index (χ4n) is 1.34. The molecule has 2 N–H and O–H groups in total. The predicted molar refractivity (Wildman–Crippen MR) is 70.4 cm³/mol.